The van der Waals surface area contributed by atoms with Gasteiger partial charge >= 0.3 is 6.03 Å². The molecule has 0 aromatic heterocycles. The standard InChI is InChI=1S/C13H12ClN3O4/c1-8(14)7-16-11(18)13(2,15-12(16)19)9-3-5-10(6-4-9)17(20)21/h3-6H,1,7H2,2H3,(H,15,19)/t13-/m0/s1. The van der Waals surface area contributed by atoms with Gasteiger partial charge in [0, 0.05) is 17.2 Å². The van der Waals surface area contributed by atoms with E-state index in [9.17, 15) is 19.7 Å². The first kappa shape index (κ1) is 15.0. The van der Waals surface area contributed by atoms with Crippen molar-refractivity contribution in [1.29, 1.82) is 0 Å². The highest BCUT2D eigenvalue weighted by molar-refractivity contribution is 6.30. The van der Waals surface area contributed by atoms with Gasteiger partial charge in [-0.2, -0.15) is 0 Å². The molecule has 0 unspecified atom stereocenters. The third kappa shape index (κ3) is 2.59. The molecule has 1 saturated heterocycles. The average Bonchev–Trinajstić information content (AvgIpc) is 2.63. The number of hydrogen-bond acceptors (Lipinski definition) is 4. The molecule has 1 fully saturated rings. The molecule has 110 valence electrons. The third-order valence-corrected chi connectivity index (χ3v) is 3.38. The van der Waals surface area contributed by atoms with Gasteiger partial charge in [-0.05, 0) is 24.6 Å². The molecule has 7 nitrogen and oxygen atoms in total. The molecule has 2 rings (SSSR count). The summed E-state index contributed by atoms with van der Waals surface area (Å²) in [6, 6.07) is 4.86. The largest absolute Gasteiger partial charge is 0.325 e. The van der Waals surface area contributed by atoms with Crippen molar-refractivity contribution in [3.8, 4) is 0 Å². The lowest BCUT2D eigenvalue weighted by atomic mass is 9.92. The average molecular weight is 310 g/mol. The van der Waals surface area contributed by atoms with Gasteiger partial charge in [0.2, 0.25) is 0 Å². The summed E-state index contributed by atoms with van der Waals surface area (Å²) >= 11 is 5.64. The maximum atomic E-state index is 12.4. The quantitative estimate of drug-likeness (QED) is 0.524. The SMILES string of the molecule is C=C(Cl)CN1C(=O)N[C@@](C)(c2ccc([N+](=O)[O-])cc2)C1=O. The zero-order valence-corrected chi connectivity index (χ0v) is 11.9. The number of nitro benzene ring substituents is 1. The van der Waals surface area contributed by atoms with Gasteiger partial charge in [-0.15, -0.1) is 0 Å². The van der Waals surface area contributed by atoms with Crippen LogP contribution in [0.4, 0.5) is 10.5 Å². The summed E-state index contributed by atoms with van der Waals surface area (Å²) in [5.41, 5.74) is -0.919. The van der Waals surface area contributed by atoms with Crippen molar-refractivity contribution in [2.24, 2.45) is 0 Å². The molecule has 1 aromatic rings. The van der Waals surface area contributed by atoms with Gasteiger partial charge in [-0.3, -0.25) is 19.8 Å². The molecule has 1 aliphatic rings. The second-order valence-electron chi connectivity index (χ2n) is 4.77. The third-order valence-electron chi connectivity index (χ3n) is 3.26. The lowest BCUT2D eigenvalue weighted by molar-refractivity contribution is -0.384. The van der Waals surface area contributed by atoms with Gasteiger partial charge < -0.3 is 5.32 Å². The van der Waals surface area contributed by atoms with Crippen LogP contribution < -0.4 is 5.32 Å². The Morgan fingerprint density at radius 1 is 1.43 bits per heavy atom. The summed E-state index contributed by atoms with van der Waals surface area (Å²) in [5, 5.41) is 13.4. The normalized spacial score (nSPS) is 21.3. The van der Waals surface area contributed by atoms with Crippen LogP contribution in [0.15, 0.2) is 35.9 Å². The molecule has 0 saturated carbocycles. The minimum Gasteiger partial charge on any atom is -0.319 e. The molecule has 0 radical (unpaired) electrons. The van der Waals surface area contributed by atoms with E-state index in [0.717, 1.165) is 4.90 Å². The smallest absolute Gasteiger partial charge is 0.319 e. The Labute approximate surface area is 125 Å². The van der Waals surface area contributed by atoms with Crippen LogP contribution >= 0.6 is 11.6 Å². The molecule has 1 atom stereocenters. The number of carbonyl (C=O) groups excluding carboxylic acids is 2. The van der Waals surface area contributed by atoms with Crippen LogP contribution in [0.25, 0.3) is 0 Å². The molecule has 0 bridgehead atoms. The van der Waals surface area contributed by atoms with Crippen molar-refractivity contribution in [2.75, 3.05) is 6.54 Å². The second-order valence-corrected chi connectivity index (χ2v) is 5.30. The Kier molecular flexibility index (Phi) is 3.69. The monoisotopic (exact) mass is 309 g/mol. The van der Waals surface area contributed by atoms with E-state index < -0.39 is 22.4 Å². The van der Waals surface area contributed by atoms with E-state index in [1.807, 2.05) is 0 Å². The minimum atomic E-state index is -1.28. The molecule has 1 heterocycles. The first-order valence-corrected chi connectivity index (χ1v) is 6.36. The summed E-state index contributed by atoms with van der Waals surface area (Å²) in [7, 11) is 0. The highest BCUT2D eigenvalue weighted by Crippen LogP contribution is 2.30. The predicted octanol–water partition coefficient (Wildman–Crippen LogP) is 2.11. The van der Waals surface area contributed by atoms with E-state index in [-0.39, 0.29) is 17.3 Å². The fourth-order valence-electron chi connectivity index (χ4n) is 2.12. The fourth-order valence-corrected chi connectivity index (χ4v) is 2.24. The molecule has 21 heavy (non-hydrogen) atoms. The molecule has 1 aromatic carbocycles. The Morgan fingerprint density at radius 2 is 2.00 bits per heavy atom. The predicted molar refractivity (Wildman–Crippen MR) is 75.7 cm³/mol. The summed E-state index contributed by atoms with van der Waals surface area (Å²) < 4.78 is 0. The Morgan fingerprint density at radius 3 is 2.48 bits per heavy atom. The molecular weight excluding hydrogens is 298 g/mol. The van der Waals surface area contributed by atoms with Crippen LogP contribution in [0.2, 0.25) is 0 Å². The Hall–Kier alpha value is -2.41. The fraction of sp³-hybridized carbons (Fsp3) is 0.231. The molecular formula is C13H12ClN3O4. The Balaban J connectivity index is 2.34. The number of amides is 3. The molecule has 8 heteroatoms. The van der Waals surface area contributed by atoms with Crippen LogP contribution in [0, 0.1) is 10.1 Å². The zero-order valence-electron chi connectivity index (χ0n) is 11.1. The zero-order chi connectivity index (χ0) is 15.8. The number of rotatable bonds is 4. The van der Waals surface area contributed by atoms with E-state index in [4.69, 9.17) is 11.6 Å². The number of halogens is 1. The van der Waals surface area contributed by atoms with Gasteiger partial charge in [0.05, 0.1) is 11.5 Å². The molecule has 1 N–H and O–H groups in total. The highest BCUT2D eigenvalue weighted by Gasteiger charge is 2.48. The van der Waals surface area contributed by atoms with Gasteiger partial charge in [0.15, 0.2) is 0 Å². The summed E-state index contributed by atoms with van der Waals surface area (Å²) in [4.78, 5) is 35.3. The molecule has 0 aliphatic carbocycles. The molecule has 0 spiro atoms. The lowest BCUT2D eigenvalue weighted by Crippen LogP contribution is -2.41. The first-order valence-electron chi connectivity index (χ1n) is 5.98. The first-order chi connectivity index (χ1) is 9.75. The number of carbonyl (C=O) groups is 2. The molecule has 3 amide bonds. The number of imide groups is 1. The Bertz CT molecular complexity index is 643. The minimum absolute atomic E-state index is 0.0885. The van der Waals surface area contributed by atoms with Crippen LogP contribution in [0.5, 0.6) is 0 Å². The maximum absolute atomic E-state index is 12.4. The van der Waals surface area contributed by atoms with Crippen molar-refractivity contribution in [1.82, 2.24) is 10.2 Å². The number of nitrogens with zero attached hydrogens (tertiary/aromatic N) is 2. The van der Waals surface area contributed by atoms with Gasteiger partial charge in [-0.25, -0.2) is 4.79 Å². The number of urea groups is 1. The van der Waals surface area contributed by atoms with Crippen molar-refractivity contribution >= 4 is 29.2 Å². The number of nitro groups is 1. The van der Waals surface area contributed by atoms with E-state index in [2.05, 4.69) is 11.9 Å². The topological polar surface area (TPSA) is 92.6 Å². The van der Waals surface area contributed by atoms with Crippen LogP contribution in [-0.4, -0.2) is 28.3 Å². The second kappa shape index (κ2) is 5.17. The van der Waals surface area contributed by atoms with Crippen LogP contribution in [0.3, 0.4) is 0 Å². The van der Waals surface area contributed by atoms with E-state index in [1.54, 1.807) is 0 Å². The number of nitrogens with one attached hydrogen (secondary N) is 1. The van der Waals surface area contributed by atoms with Crippen molar-refractivity contribution in [3.63, 3.8) is 0 Å². The number of hydrogen-bond donors (Lipinski definition) is 1. The van der Waals surface area contributed by atoms with Crippen molar-refractivity contribution < 1.29 is 14.5 Å². The van der Waals surface area contributed by atoms with E-state index >= 15 is 0 Å². The maximum Gasteiger partial charge on any atom is 0.325 e. The van der Waals surface area contributed by atoms with Gasteiger partial charge in [-0.1, -0.05) is 18.2 Å². The van der Waals surface area contributed by atoms with Crippen LogP contribution in [0.1, 0.15) is 12.5 Å². The van der Waals surface area contributed by atoms with Crippen molar-refractivity contribution in [3.05, 3.63) is 51.6 Å². The number of non-ortho nitro benzene ring substituents is 1. The van der Waals surface area contributed by atoms with E-state index in [0.29, 0.717) is 5.56 Å². The van der Waals surface area contributed by atoms with Crippen molar-refractivity contribution in [2.45, 2.75) is 12.5 Å². The summed E-state index contributed by atoms with van der Waals surface area (Å²) in [6.07, 6.45) is 0. The van der Waals surface area contributed by atoms with Gasteiger partial charge in [0.25, 0.3) is 11.6 Å². The summed E-state index contributed by atoms with van der Waals surface area (Å²) in [5.74, 6) is -0.483. The number of benzene rings is 1. The lowest BCUT2D eigenvalue weighted by Gasteiger charge is -2.22. The molecule has 1 aliphatic heterocycles. The van der Waals surface area contributed by atoms with E-state index in [1.165, 1.54) is 31.2 Å². The van der Waals surface area contributed by atoms with Crippen LogP contribution in [-0.2, 0) is 10.3 Å². The summed E-state index contributed by atoms with van der Waals surface area (Å²) in [6.45, 7) is 4.90. The van der Waals surface area contributed by atoms with Gasteiger partial charge in [0.1, 0.15) is 5.54 Å². The highest BCUT2D eigenvalue weighted by atomic mass is 35.5.